The van der Waals surface area contributed by atoms with Gasteiger partial charge in [-0.1, -0.05) is 12.1 Å². The summed E-state index contributed by atoms with van der Waals surface area (Å²) in [4.78, 5) is 32.3. The van der Waals surface area contributed by atoms with Crippen LogP contribution >= 0.6 is 11.3 Å². The first kappa shape index (κ1) is 20.8. The van der Waals surface area contributed by atoms with Gasteiger partial charge in [-0.15, -0.1) is 0 Å². The molecule has 1 aliphatic carbocycles. The molecule has 5 heterocycles. The maximum absolute atomic E-state index is 13.3. The first-order valence-corrected chi connectivity index (χ1v) is 15.1. The van der Waals surface area contributed by atoms with Crippen LogP contribution in [0.25, 0.3) is 41.8 Å². The van der Waals surface area contributed by atoms with Gasteiger partial charge in [0.15, 0.2) is 0 Å². The topological polar surface area (TPSA) is 52.0 Å². The molecule has 0 atom stereocenters. The van der Waals surface area contributed by atoms with E-state index in [-0.39, 0.29) is 22.6 Å². The van der Waals surface area contributed by atoms with Crippen molar-refractivity contribution in [3.05, 3.63) is 97.6 Å². The number of thiophene rings is 1. The van der Waals surface area contributed by atoms with Gasteiger partial charge in [-0.2, -0.15) is 0 Å². The van der Waals surface area contributed by atoms with Crippen molar-refractivity contribution in [3.8, 4) is 5.00 Å². The molecule has 0 bridgehead atoms. The van der Waals surface area contributed by atoms with Crippen molar-refractivity contribution in [1.29, 1.82) is 0 Å². The van der Waals surface area contributed by atoms with E-state index in [1.54, 1.807) is 11.3 Å². The average molecular weight is 598 g/mol. The Morgan fingerprint density at radius 3 is 2.61 bits per heavy atom. The summed E-state index contributed by atoms with van der Waals surface area (Å²) in [5, 5.41) is 4.54. The predicted molar refractivity (Wildman–Crippen MR) is 146 cm³/mol. The zero-order valence-electron chi connectivity index (χ0n) is 19.5. The van der Waals surface area contributed by atoms with Crippen LogP contribution < -0.4 is 0 Å². The van der Waals surface area contributed by atoms with Gasteiger partial charge < -0.3 is 0 Å². The fourth-order valence-corrected chi connectivity index (χ4v) is 9.46. The number of allylic oxidation sites excluding steroid dienone is 1. The molecule has 6 aromatic rings. The molecule has 1 aliphatic heterocycles. The Morgan fingerprint density at radius 2 is 1.75 bits per heavy atom. The number of ketones is 2. The molecular weight excluding hydrogens is 580 g/mol. The molecule has 6 heteroatoms. The molecule has 36 heavy (non-hydrogen) atoms. The van der Waals surface area contributed by atoms with Crippen molar-refractivity contribution in [1.82, 2.24) is 9.55 Å². The number of Topliss-reactive ketones (excluding diaryl/α,β-unsaturated/α-hetero) is 2. The number of carbonyl (C=O) groups is 2. The van der Waals surface area contributed by atoms with E-state index in [1.807, 2.05) is 30.5 Å². The summed E-state index contributed by atoms with van der Waals surface area (Å²) in [5.74, 6) is -0.315. The van der Waals surface area contributed by atoms with Crippen LogP contribution in [0.5, 0.6) is 0 Å². The van der Waals surface area contributed by atoms with Gasteiger partial charge in [0.25, 0.3) is 0 Å². The van der Waals surface area contributed by atoms with Gasteiger partial charge in [0.05, 0.1) is 0 Å². The molecule has 2 aromatic carbocycles. The SMILES string of the molecule is CC1(C)c2cc(/C=C3/C(=O)c4cc5cc[te]c5cc4C3=O)sc2-n2c3ncccc3c3cccc1c32. The molecule has 2 aliphatic rings. The number of benzene rings is 2. The summed E-state index contributed by atoms with van der Waals surface area (Å²) in [7, 11) is 0. The Bertz CT molecular complexity index is 1970. The molecule has 8 rings (SSSR count). The Balaban J connectivity index is 1.35. The summed E-state index contributed by atoms with van der Waals surface area (Å²) in [6.07, 6.45) is 3.64. The molecule has 0 unspecified atom stereocenters. The third-order valence-electron chi connectivity index (χ3n) is 7.69. The Morgan fingerprint density at radius 1 is 0.944 bits per heavy atom. The monoisotopic (exact) mass is 600 g/mol. The fraction of sp³-hybridized carbons (Fsp3) is 0.100. The summed E-state index contributed by atoms with van der Waals surface area (Å²) in [6.45, 7) is 4.50. The van der Waals surface area contributed by atoms with E-state index in [0.717, 1.165) is 26.3 Å². The number of fused-ring (bicyclic) bond motifs is 7. The van der Waals surface area contributed by atoms with Gasteiger partial charge in [0, 0.05) is 6.20 Å². The van der Waals surface area contributed by atoms with Crippen LogP contribution in [0.1, 0.15) is 50.6 Å². The molecule has 0 saturated carbocycles. The standard InChI is InChI=1S/C30H18N2O2STe/c1-30(2)22-7-3-5-17-18-6-4-9-31-28(18)32(25(17)22)29-23(30)13-16(35-29)12-21-26(33)19-11-15-8-10-36-24(15)14-20(19)27(21)34/h3-14H,1-2H3/b21-12-. The summed E-state index contributed by atoms with van der Waals surface area (Å²) in [6, 6.07) is 18.7. The number of para-hydroxylation sites is 1. The van der Waals surface area contributed by atoms with E-state index in [2.05, 4.69) is 58.9 Å². The number of pyridine rings is 1. The molecule has 0 fully saturated rings. The number of carbonyl (C=O) groups excluding carboxylic acids is 2. The minimum atomic E-state index is -0.398. The van der Waals surface area contributed by atoms with E-state index in [9.17, 15) is 9.59 Å². The Hall–Kier alpha value is -3.30. The summed E-state index contributed by atoms with van der Waals surface area (Å²) in [5.41, 5.74) is 5.73. The summed E-state index contributed by atoms with van der Waals surface area (Å²) < 4.78 is 5.70. The van der Waals surface area contributed by atoms with Crippen molar-refractivity contribution >= 4 is 80.1 Å². The van der Waals surface area contributed by atoms with E-state index >= 15 is 0 Å². The number of nitrogens with zero attached hydrogens (tertiary/aromatic N) is 2. The van der Waals surface area contributed by atoms with Crippen LogP contribution in [0, 0.1) is 0 Å². The number of hydrogen-bond acceptors (Lipinski definition) is 4. The van der Waals surface area contributed by atoms with Crippen molar-refractivity contribution in [3.63, 3.8) is 0 Å². The third kappa shape index (κ3) is 2.52. The molecule has 0 N–H and O–H groups in total. The zero-order valence-corrected chi connectivity index (χ0v) is 22.6. The maximum atomic E-state index is 13.3. The summed E-state index contributed by atoms with van der Waals surface area (Å²) >= 11 is 1.22. The fourth-order valence-electron chi connectivity index (χ4n) is 5.88. The van der Waals surface area contributed by atoms with Crippen LogP contribution in [0.4, 0.5) is 0 Å². The molecule has 0 saturated heterocycles. The predicted octanol–water partition coefficient (Wildman–Crippen LogP) is 6.55. The second-order valence-corrected chi connectivity index (χ2v) is 13.7. The molecule has 0 amide bonds. The zero-order chi connectivity index (χ0) is 24.3. The van der Waals surface area contributed by atoms with Gasteiger partial charge in [0.1, 0.15) is 0 Å². The quantitative estimate of drug-likeness (QED) is 0.123. The minimum absolute atomic E-state index is 0.151. The molecule has 4 aromatic heterocycles. The Kier molecular flexibility index (Phi) is 4.01. The van der Waals surface area contributed by atoms with Crippen LogP contribution in [0.2, 0.25) is 0 Å². The van der Waals surface area contributed by atoms with Crippen molar-refractivity contribution < 1.29 is 9.59 Å². The first-order valence-electron chi connectivity index (χ1n) is 11.8. The van der Waals surface area contributed by atoms with Crippen LogP contribution in [0.15, 0.2) is 70.4 Å². The van der Waals surface area contributed by atoms with E-state index < -0.39 is 20.4 Å². The van der Waals surface area contributed by atoms with E-state index in [0.29, 0.717) is 11.1 Å². The second-order valence-electron chi connectivity index (χ2n) is 9.98. The van der Waals surface area contributed by atoms with Crippen LogP contribution in [0.3, 0.4) is 0 Å². The number of aromatic nitrogens is 2. The van der Waals surface area contributed by atoms with Gasteiger partial charge in [0.2, 0.25) is 0 Å². The van der Waals surface area contributed by atoms with Gasteiger partial charge >= 0.3 is 191 Å². The molecular formula is C30H18N2O2STe. The Labute approximate surface area is 220 Å². The van der Waals surface area contributed by atoms with Crippen molar-refractivity contribution in [2.45, 2.75) is 19.3 Å². The average Bonchev–Trinajstić information content (AvgIpc) is 3.63. The van der Waals surface area contributed by atoms with E-state index in [4.69, 9.17) is 4.98 Å². The second kappa shape index (κ2) is 6.92. The number of hydrogen-bond donors (Lipinski definition) is 0. The van der Waals surface area contributed by atoms with Crippen LogP contribution in [-0.2, 0) is 5.41 Å². The van der Waals surface area contributed by atoms with Crippen molar-refractivity contribution in [2.75, 3.05) is 0 Å². The number of rotatable bonds is 1. The molecule has 0 radical (unpaired) electrons. The molecule has 0 spiro atoms. The molecule has 172 valence electrons. The third-order valence-corrected chi connectivity index (χ3v) is 11.3. The molecule has 4 nitrogen and oxygen atoms in total. The van der Waals surface area contributed by atoms with Gasteiger partial charge in [-0.3, -0.25) is 0 Å². The van der Waals surface area contributed by atoms with E-state index in [1.165, 1.54) is 25.4 Å². The van der Waals surface area contributed by atoms with Gasteiger partial charge in [-0.25, -0.2) is 0 Å². The van der Waals surface area contributed by atoms with Crippen molar-refractivity contribution in [2.24, 2.45) is 0 Å². The first-order chi connectivity index (χ1) is 17.4. The van der Waals surface area contributed by atoms with Gasteiger partial charge in [-0.05, 0) is 12.1 Å². The normalized spacial score (nSPS) is 17.0. The van der Waals surface area contributed by atoms with Crippen LogP contribution in [-0.4, -0.2) is 41.5 Å².